The standard InChI is InChI=1S/C46H38P4.2CHF3O3S/c1-48-46(50(41-31-17-6-18-32-41,42-33-19-7-20-34-42)43-35-21-8-22-36-43)44(37-23-9-2-10-24-37)45(47-48)49(38-25-11-3-12-26-38,39-27-13-4-14-28-39)40-29-15-5-16-30-40;2*2-1(3,4)8(5,6)7/h2-36H,1H3;2*(H,5,6,7)/q+2;;/p-2. The van der Waals surface area contributed by atoms with Crippen LogP contribution in [0.2, 0.25) is 0 Å². The van der Waals surface area contributed by atoms with E-state index in [9.17, 15) is 26.3 Å². The first-order valence-corrected chi connectivity index (χ1v) is 29.3. The van der Waals surface area contributed by atoms with Crippen LogP contribution in [0.3, 0.4) is 0 Å². The summed E-state index contributed by atoms with van der Waals surface area (Å²) in [6.45, 7) is 2.56. The van der Waals surface area contributed by atoms with E-state index in [-0.39, 0.29) is 0 Å². The van der Waals surface area contributed by atoms with Crippen LogP contribution in [0.5, 0.6) is 0 Å². The van der Waals surface area contributed by atoms with Crippen LogP contribution in [0.15, 0.2) is 212 Å². The van der Waals surface area contributed by atoms with E-state index in [1.807, 2.05) is 0 Å². The van der Waals surface area contributed by atoms with Crippen molar-refractivity contribution in [2.75, 3.05) is 0 Å². The summed E-state index contributed by atoms with van der Waals surface area (Å²) in [4.78, 5) is 0. The lowest BCUT2D eigenvalue weighted by molar-refractivity contribution is -0.0522. The van der Waals surface area contributed by atoms with Crippen LogP contribution in [0.25, 0.3) is 11.1 Å². The maximum Gasteiger partial charge on any atom is 0.485 e. The molecule has 6 nitrogen and oxygen atoms in total. The van der Waals surface area contributed by atoms with Crippen LogP contribution in [0, 0.1) is 0 Å². The van der Waals surface area contributed by atoms with E-state index in [1.54, 1.807) is 10.1 Å². The van der Waals surface area contributed by atoms with Crippen molar-refractivity contribution in [3.63, 3.8) is 0 Å². The maximum atomic E-state index is 10.7. The lowest BCUT2D eigenvalue weighted by atomic mass is 10.1. The molecule has 340 valence electrons. The van der Waals surface area contributed by atoms with Gasteiger partial charge in [-0.1, -0.05) is 140 Å². The Morgan fingerprint density at radius 2 is 0.621 bits per heavy atom. The van der Waals surface area contributed by atoms with Crippen LogP contribution in [0.1, 0.15) is 0 Å². The van der Waals surface area contributed by atoms with Crippen molar-refractivity contribution in [1.82, 2.24) is 0 Å². The normalized spacial score (nSPS) is 12.7. The van der Waals surface area contributed by atoms with E-state index in [1.165, 1.54) is 50.8 Å². The predicted octanol–water partition coefficient (Wildman–Crippen LogP) is 9.80. The molecule has 0 aliphatic carbocycles. The first-order chi connectivity index (χ1) is 31.3. The highest BCUT2D eigenvalue weighted by atomic mass is 32.2. The minimum Gasteiger partial charge on any atom is -0.741 e. The summed E-state index contributed by atoms with van der Waals surface area (Å²) in [7, 11) is -16.1. The molecular formula is C48H38F6O6P4S2. The zero-order valence-electron chi connectivity index (χ0n) is 34.5. The molecule has 8 rings (SSSR count). The Morgan fingerprint density at radius 3 is 0.848 bits per heavy atom. The molecule has 1 heterocycles. The van der Waals surface area contributed by atoms with Gasteiger partial charge in [0.1, 0.15) is 51.4 Å². The van der Waals surface area contributed by atoms with Crippen LogP contribution in [-0.2, 0) is 26.9 Å². The van der Waals surface area contributed by atoms with Crippen molar-refractivity contribution >= 4 is 91.7 Å². The molecule has 1 atom stereocenters. The highest BCUT2D eigenvalue weighted by molar-refractivity contribution is 8.20. The molecule has 0 amide bonds. The molecule has 7 aromatic carbocycles. The van der Waals surface area contributed by atoms with Gasteiger partial charge in [0.15, 0.2) is 25.3 Å². The Balaban J connectivity index is 0.000000386. The second kappa shape index (κ2) is 20.9. The van der Waals surface area contributed by atoms with Crippen molar-refractivity contribution in [3.8, 4) is 11.1 Å². The van der Waals surface area contributed by atoms with E-state index < -0.39 is 53.0 Å². The molecule has 1 aromatic heterocycles. The number of hydrogen-bond acceptors (Lipinski definition) is 6. The van der Waals surface area contributed by atoms with E-state index >= 15 is 0 Å². The highest BCUT2D eigenvalue weighted by Gasteiger charge is 2.57. The Morgan fingerprint density at radius 1 is 0.409 bits per heavy atom. The summed E-state index contributed by atoms with van der Waals surface area (Å²) in [6, 6.07) is 79.9. The topological polar surface area (TPSA) is 114 Å². The zero-order valence-corrected chi connectivity index (χ0v) is 39.7. The SMILES string of the molecule is Cp1pc([P+](c2ccccc2)(c2ccccc2)c2ccccc2)c(-c2ccccc2)c1[P+](c1ccccc1)(c1ccccc1)c1ccccc1.O=S(=O)([O-])C(F)(F)F.O=S(=O)([O-])C(F)(F)F. The Bertz CT molecular complexity index is 2810. The van der Waals surface area contributed by atoms with Gasteiger partial charge in [-0.05, 0) is 92.2 Å². The van der Waals surface area contributed by atoms with Crippen molar-refractivity contribution < 1.29 is 52.3 Å². The number of alkyl halides is 6. The quantitative estimate of drug-likeness (QED) is 0.0616. The average molecular weight is 1010 g/mol. The van der Waals surface area contributed by atoms with Gasteiger partial charge in [0.05, 0.1) is 5.56 Å². The number of halogens is 6. The molecule has 66 heavy (non-hydrogen) atoms. The van der Waals surface area contributed by atoms with Gasteiger partial charge in [0, 0.05) is 7.87 Å². The van der Waals surface area contributed by atoms with Crippen LogP contribution >= 0.6 is 29.6 Å². The first kappa shape index (κ1) is 50.4. The molecule has 0 bridgehead atoms. The third-order valence-electron chi connectivity index (χ3n) is 10.1. The molecule has 18 heteroatoms. The summed E-state index contributed by atoms with van der Waals surface area (Å²) in [5.74, 6) is 0. The predicted molar refractivity (Wildman–Crippen MR) is 259 cm³/mol. The first-order valence-electron chi connectivity index (χ1n) is 19.6. The van der Waals surface area contributed by atoms with E-state index in [2.05, 4.69) is 219 Å². The van der Waals surface area contributed by atoms with Crippen molar-refractivity contribution in [2.24, 2.45) is 6.66 Å². The summed E-state index contributed by atoms with van der Waals surface area (Å²) >= 11 is 0. The largest absolute Gasteiger partial charge is 0.741 e. The molecule has 0 spiro atoms. The van der Waals surface area contributed by atoms with Gasteiger partial charge in [0.2, 0.25) is 0 Å². The molecule has 0 aliphatic rings. The van der Waals surface area contributed by atoms with Crippen LogP contribution < -0.4 is 41.9 Å². The van der Waals surface area contributed by atoms with E-state index in [0.717, 1.165) is 0 Å². The molecule has 8 aromatic rings. The van der Waals surface area contributed by atoms with Crippen molar-refractivity contribution in [1.29, 1.82) is 0 Å². The second-order valence-corrected chi connectivity index (χ2v) is 28.8. The number of benzene rings is 7. The lowest BCUT2D eigenvalue weighted by Gasteiger charge is -2.30. The fraction of sp³-hybridized carbons (Fsp3) is 0.0625. The van der Waals surface area contributed by atoms with Gasteiger partial charge in [-0.2, -0.15) is 26.3 Å². The number of rotatable bonds is 9. The van der Waals surface area contributed by atoms with E-state index in [0.29, 0.717) is 0 Å². The lowest BCUT2D eigenvalue weighted by Crippen LogP contribution is -2.41. The molecule has 0 saturated carbocycles. The molecule has 0 N–H and O–H groups in total. The fourth-order valence-corrected chi connectivity index (χ4v) is 27.4. The summed E-state index contributed by atoms with van der Waals surface area (Å²) in [5, 5.41) is 11.6. The third kappa shape index (κ3) is 10.6. The van der Waals surface area contributed by atoms with Gasteiger partial charge >= 0.3 is 11.0 Å². The van der Waals surface area contributed by atoms with Gasteiger partial charge in [0.25, 0.3) is 0 Å². The minimum atomic E-state index is -6.09. The molecule has 0 saturated heterocycles. The average Bonchev–Trinajstić information content (AvgIpc) is 3.65. The Labute approximate surface area is 383 Å². The zero-order chi connectivity index (χ0) is 47.8. The molecule has 0 radical (unpaired) electrons. The van der Waals surface area contributed by atoms with Crippen molar-refractivity contribution in [3.05, 3.63) is 212 Å². The summed E-state index contributed by atoms with van der Waals surface area (Å²) < 4.78 is 118. The summed E-state index contributed by atoms with van der Waals surface area (Å²) in [5.41, 5.74) is -8.51. The number of aryl methyl sites for hydroxylation is 1. The smallest absolute Gasteiger partial charge is 0.485 e. The van der Waals surface area contributed by atoms with Gasteiger partial charge in [-0.15, -0.1) is 0 Å². The van der Waals surface area contributed by atoms with Gasteiger partial charge in [-0.3, -0.25) is 0 Å². The fourth-order valence-electron chi connectivity index (χ4n) is 7.52. The molecule has 0 aliphatic heterocycles. The Hall–Kier alpha value is -4.99. The van der Waals surface area contributed by atoms with Gasteiger partial charge < -0.3 is 9.11 Å². The monoisotopic (exact) mass is 1010 g/mol. The van der Waals surface area contributed by atoms with Gasteiger partial charge in [-0.25, -0.2) is 16.8 Å². The van der Waals surface area contributed by atoms with E-state index in [4.69, 9.17) is 25.9 Å². The molecular weight excluding hydrogens is 975 g/mol. The Kier molecular flexibility index (Phi) is 16.0. The highest BCUT2D eigenvalue weighted by Crippen LogP contribution is 2.67. The summed E-state index contributed by atoms with van der Waals surface area (Å²) in [6.07, 6.45) is 0. The van der Waals surface area contributed by atoms with Crippen LogP contribution in [-0.4, -0.2) is 37.0 Å². The van der Waals surface area contributed by atoms with Crippen molar-refractivity contribution in [2.45, 2.75) is 11.0 Å². The second-order valence-electron chi connectivity index (χ2n) is 14.2. The molecule has 0 fully saturated rings. The maximum absolute atomic E-state index is 10.7. The third-order valence-corrected chi connectivity index (χ3v) is 27.0. The van der Waals surface area contributed by atoms with Crippen LogP contribution in [0.4, 0.5) is 26.3 Å². The number of hydrogen-bond donors (Lipinski definition) is 0. The molecule has 1 unspecified atom stereocenters. The minimum absolute atomic E-state index is 0.633.